The van der Waals surface area contributed by atoms with Crippen molar-refractivity contribution in [1.82, 2.24) is 4.90 Å². The maximum Gasteiger partial charge on any atom is 0.242 e. The third-order valence-corrected chi connectivity index (χ3v) is 2.56. The van der Waals surface area contributed by atoms with Crippen molar-refractivity contribution >= 4 is 23.6 Å². The van der Waals surface area contributed by atoms with Gasteiger partial charge in [-0.3, -0.25) is 14.5 Å². The Morgan fingerprint density at radius 1 is 1.21 bits per heavy atom. The lowest BCUT2D eigenvalue weighted by molar-refractivity contribution is -0.136. The molecule has 0 aromatic carbocycles. The van der Waals surface area contributed by atoms with Gasteiger partial charge in [-0.15, -0.1) is 0 Å². The highest BCUT2D eigenvalue weighted by Gasteiger charge is 2.34. The third-order valence-electron chi connectivity index (χ3n) is 1.62. The number of imide groups is 1. The summed E-state index contributed by atoms with van der Waals surface area (Å²) in [5.41, 5.74) is 0. The van der Waals surface area contributed by atoms with E-state index < -0.39 is 0 Å². The molecule has 0 aliphatic carbocycles. The van der Waals surface area contributed by atoms with E-state index in [0.29, 0.717) is 6.42 Å². The molecule has 0 spiro atoms. The third kappa shape index (κ3) is 4.13. The summed E-state index contributed by atoms with van der Waals surface area (Å²) in [6.45, 7) is 8.00. The zero-order valence-corrected chi connectivity index (χ0v) is 10.8. The largest absolute Gasteiger partial charge is 0.285 e. The summed E-state index contributed by atoms with van der Waals surface area (Å²) in [5, 5.41) is -0.127. The normalized spacial score (nSPS) is 19.6. The highest BCUT2D eigenvalue weighted by molar-refractivity contribution is 8.00. The van der Waals surface area contributed by atoms with Crippen molar-refractivity contribution in [2.75, 3.05) is 13.3 Å². The van der Waals surface area contributed by atoms with E-state index in [0.717, 1.165) is 0 Å². The van der Waals surface area contributed by atoms with Crippen LogP contribution < -0.4 is 0 Å². The molecule has 0 radical (unpaired) electrons. The van der Waals surface area contributed by atoms with E-state index in [1.165, 1.54) is 23.7 Å². The molecule has 0 saturated carbocycles. The van der Waals surface area contributed by atoms with Crippen molar-refractivity contribution in [2.45, 2.75) is 39.4 Å². The average molecular weight is 219 g/mol. The predicted octanol–water partition coefficient (Wildman–Crippen LogP) is 2.16. The van der Waals surface area contributed by atoms with E-state index in [9.17, 15) is 9.59 Å². The van der Waals surface area contributed by atoms with Crippen LogP contribution in [0.25, 0.3) is 0 Å². The molecular weight excluding hydrogens is 198 g/mol. The molecule has 14 heavy (non-hydrogen) atoms. The van der Waals surface area contributed by atoms with Crippen LogP contribution in [-0.4, -0.2) is 35.3 Å². The van der Waals surface area contributed by atoms with Crippen LogP contribution in [0.1, 0.15) is 34.1 Å². The van der Waals surface area contributed by atoms with Gasteiger partial charge in [-0.2, -0.15) is 11.8 Å². The molecule has 1 rings (SSSR count). The summed E-state index contributed by atoms with van der Waals surface area (Å²) < 4.78 is 0. The Labute approximate surface area is 91.2 Å². The molecule has 84 valence electrons. The number of rotatable bonds is 1. The van der Waals surface area contributed by atoms with Crippen LogP contribution in [0, 0.1) is 0 Å². The Bertz CT molecular complexity index is 183. The molecule has 1 aliphatic rings. The van der Waals surface area contributed by atoms with Gasteiger partial charge in [0.2, 0.25) is 11.8 Å². The molecule has 0 N–H and O–H groups in total. The van der Waals surface area contributed by atoms with Gasteiger partial charge < -0.3 is 0 Å². The first kappa shape index (κ1) is 15.9. The van der Waals surface area contributed by atoms with Gasteiger partial charge in [0.05, 0.1) is 5.25 Å². The van der Waals surface area contributed by atoms with Gasteiger partial charge in [-0.25, -0.2) is 0 Å². The van der Waals surface area contributed by atoms with Crippen LogP contribution in [0.2, 0.25) is 0 Å². The Kier molecular flexibility index (Phi) is 10.3. The second kappa shape index (κ2) is 9.06. The molecule has 0 aromatic rings. The van der Waals surface area contributed by atoms with Gasteiger partial charge in [0.25, 0.3) is 0 Å². The molecule has 0 aromatic heterocycles. The summed E-state index contributed by atoms with van der Waals surface area (Å²) in [4.78, 5) is 23.1. The van der Waals surface area contributed by atoms with Crippen LogP contribution in [0.3, 0.4) is 0 Å². The predicted molar refractivity (Wildman–Crippen MR) is 62.4 cm³/mol. The molecule has 1 atom stereocenters. The lowest BCUT2D eigenvalue weighted by atomic mass is 10.4. The van der Waals surface area contributed by atoms with Gasteiger partial charge in [0.1, 0.15) is 0 Å². The van der Waals surface area contributed by atoms with E-state index in [2.05, 4.69) is 0 Å². The number of hydrogen-bond acceptors (Lipinski definition) is 3. The fraction of sp³-hybridized carbons (Fsp3) is 0.800. The topological polar surface area (TPSA) is 37.4 Å². The monoisotopic (exact) mass is 219 g/mol. The van der Waals surface area contributed by atoms with E-state index in [1.54, 1.807) is 0 Å². The first-order chi connectivity index (χ1) is 6.66. The van der Waals surface area contributed by atoms with Gasteiger partial charge >= 0.3 is 0 Å². The molecule has 1 unspecified atom stereocenters. The first-order valence-corrected chi connectivity index (χ1v) is 6.29. The van der Waals surface area contributed by atoms with E-state index in [1.807, 2.05) is 34.0 Å². The Balaban J connectivity index is 0. The summed E-state index contributed by atoms with van der Waals surface area (Å²) in [5.74, 6) is -0.123. The molecular formula is C10H21NO2S. The summed E-state index contributed by atoms with van der Waals surface area (Å²) in [6.07, 6.45) is 2.21. The minimum atomic E-state index is -0.127. The standard InChI is InChI=1S/C6H9NO2S.2C2H6/c1-7-5(8)3-4(10-2)6(7)9;2*1-2/h4H,3H2,1-2H3;2*1-2H3. The van der Waals surface area contributed by atoms with Crippen LogP contribution in [0.5, 0.6) is 0 Å². The van der Waals surface area contributed by atoms with E-state index in [-0.39, 0.29) is 17.1 Å². The number of amides is 2. The zero-order valence-electron chi connectivity index (χ0n) is 9.96. The first-order valence-electron chi connectivity index (χ1n) is 5.00. The fourth-order valence-corrected chi connectivity index (χ4v) is 1.57. The van der Waals surface area contributed by atoms with Crippen LogP contribution in [0.15, 0.2) is 0 Å². The number of nitrogens with zero attached hydrogens (tertiary/aromatic N) is 1. The maximum absolute atomic E-state index is 11.0. The Morgan fingerprint density at radius 3 is 1.79 bits per heavy atom. The molecule has 1 aliphatic heterocycles. The van der Waals surface area contributed by atoms with Gasteiger partial charge in [-0.1, -0.05) is 27.7 Å². The van der Waals surface area contributed by atoms with Gasteiger partial charge in [0, 0.05) is 13.5 Å². The summed E-state index contributed by atoms with van der Waals surface area (Å²) in [6, 6.07) is 0. The van der Waals surface area contributed by atoms with Crippen LogP contribution in [0.4, 0.5) is 0 Å². The number of likely N-dealkylation sites (tertiary alicyclic amines) is 1. The fourth-order valence-electron chi connectivity index (χ4n) is 0.906. The van der Waals surface area contributed by atoms with E-state index in [4.69, 9.17) is 0 Å². The summed E-state index contributed by atoms with van der Waals surface area (Å²) >= 11 is 1.44. The van der Waals surface area contributed by atoms with Crippen molar-refractivity contribution < 1.29 is 9.59 Å². The second-order valence-corrected chi connectivity index (χ2v) is 3.26. The highest BCUT2D eigenvalue weighted by Crippen LogP contribution is 2.21. The smallest absolute Gasteiger partial charge is 0.242 e. The molecule has 1 heterocycles. The number of carbonyl (C=O) groups excluding carboxylic acids is 2. The average Bonchev–Trinajstić information content (AvgIpc) is 2.51. The molecule has 0 bridgehead atoms. The van der Waals surface area contributed by atoms with Crippen molar-refractivity contribution in [3.05, 3.63) is 0 Å². The highest BCUT2D eigenvalue weighted by atomic mass is 32.2. The van der Waals surface area contributed by atoms with Gasteiger partial charge in [-0.05, 0) is 6.26 Å². The minimum absolute atomic E-state index is 0.0579. The lowest BCUT2D eigenvalue weighted by Gasteiger charge is -2.04. The van der Waals surface area contributed by atoms with Gasteiger partial charge in [0.15, 0.2) is 0 Å². The van der Waals surface area contributed by atoms with Crippen molar-refractivity contribution in [1.29, 1.82) is 0 Å². The molecule has 2 amide bonds. The quantitative estimate of drug-likeness (QED) is 0.634. The van der Waals surface area contributed by atoms with E-state index >= 15 is 0 Å². The zero-order chi connectivity index (χ0) is 11.7. The molecule has 4 heteroatoms. The lowest BCUT2D eigenvalue weighted by Crippen LogP contribution is -2.26. The maximum atomic E-state index is 11.0. The minimum Gasteiger partial charge on any atom is -0.285 e. The van der Waals surface area contributed by atoms with Crippen LogP contribution >= 0.6 is 11.8 Å². The summed E-state index contributed by atoms with van der Waals surface area (Å²) in [7, 11) is 1.53. The SMILES string of the molecule is CC.CC.CSC1CC(=O)N(C)C1=O. The Hall–Kier alpha value is -0.510. The molecule has 3 nitrogen and oxygen atoms in total. The number of carbonyl (C=O) groups is 2. The van der Waals surface area contributed by atoms with Crippen molar-refractivity contribution in [3.63, 3.8) is 0 Å². The van der Waals surface area contributed by atoms with Crippen molar-refractivity contribution in [2.24, 2.45) is 0 Å². The number of hydrogen-bond donors (Lipinski definition) is 0. The molecule has 1 fully saturated rings. The Morgan fingerprint density at radius 2 is 1.64 bits per heavy atom. The number of thioether (sulfide) groups is 1. The molecule has 1 saturated heterocycles. The van der Waals surface area contributed by atoms with Crippen molar-refractivity contribution in [3.8, 4) is 0 Å². The second-order valence-electron chi connectivity index (χ2n) is 2.22. The van der Waals surface area contributed by atoms with Crippen LogP contribution in [-0.2, 0) is 9.59 Å².